The van der Waals surface area contributed by atoms with Crippen LogP contribution in [-0.4, -0.2) is 19.7 Å². The Labute approximate surface area is 108 Å². The molecule has 17 heavy (non-hydrogen) atoms. The molecule has 0 radical (unpaired) electrons. The van der Waals surface area contributed by atoms with Gasteiger partial charge in [-0.25, -0.2) is 4.79 Å². The fourth-order valence-electron chi connectivity index (χ4n) is 1.39. The van der Waals surface area contributed by atoms with Crippen molar-refractivity contribution in [1.29, 1.82) is 5.26 Å². The third-order valence-corrected chi connectivity index (χ3v) is 2.79. The second-order valence-electron chi connectivity index (χ2n) is 3.18. The van der Waals surface area contributed by atoms with Crippen molar-refractivity contribution in [3.63, 3.8) is 0 Å². The number of hydrogen-bond donors (Lipinski definition) is 0. The quantitative estimate of drug-likeness (QED) is 0.633. The topological polar surface area (TPSA) is 59.3 Å². The molecule has 0 fully saturated rings. The molecule has 0 bridgehead atoms. The molecule has 0 aliphatic heterocycles. The third kappa shape index (κ3) is 2.98. The van der Waals surface area contributed by atoms with Crippen molar-refractivity contribution >= 4 is 21.9 Å². The summed E-state index contributed by atoms with van der Waals surface area (Å²) in [6.45, 7) is 2.04. The van der Waals surface area contributed by atoms with E-state index in [1.165, 1.54) is 13.2 Å². The van der Waals surface area contributed by atoms with E-state index < -0.39 is 5.97 Å². The van der Waals surface area contributed by atoms with E-state index in [9.17, 15) is 4.79 Å². The SMILES string of the molecule is CCOC(=O)c1cc(C#N)c(OC)cc1CBr. The number of halogens is 1. The van der Waals surface area contributed by atoms with Crippen LogP contribution in [0.5, 0.6) is 5.75 Å². The molecule has 0 saturated carbocycles. The zero-order valence-electron chi connectivity index (χ0n) is 9.62. The minimum Gasteiger partial charge on any atom is -0.495 e. The molecule has 90 valence electrons. The van der Waals surface area contributed by atoms with Gasteiger partial charge < -0.3 is 9.47 Å². The van der Waals surface area contributed by atoms with Crippen molar-refractivity contribution in [3.05, 3.63) is 28.8 Å². The van der Waals surface area contributed by atoms with Crippen LogP contribution in [0.1, 0.15) is 28.4 Å². The van der Waals surface area contributed by atoms with Gasteiger partial charge in [0, 0.05) is 5.33 Å². The largest absolute Gasteiger partial charge is 0.495 e. The van der Waals surface area contributed by atoms with Gasteiger partial charge in [-0.05, 0) is 24.6 Å². The molecule has 0 N–H and O–H groups in total. The van der Waals surface area contributed by atoms with Gasteiger partial charge in [0.05, 0.1) is 24.8 Å². The van der Waals surface area contributed by atoms with Crippen LogP contribution in [0.3, 0.4) is 0 Å². The first-order valence-electron chi connectivity index (χ1n) is 5.02. The summed E-state index contributed by atoms with van der Waals surface area (Å²) in [5, 5.41) is 9.44. The minimum atomic E-state index is -0.430. The molecule has 0 unspecified atom stereocenters. The number of nitriles is 1. The summed E-state index contributed by atoms with van der Waals surface area (Å²) in [7, 11) is 1.48. The summed E-state index contributed by atoms with van der Waals surface area (Å²) >= 11 is 3.29. The Kier molecular flexibility index (Phi) is 4.98. The van der Waals surface area contributed by atoms with E-state index >= 15 is 0 Å². The standard InChI is InChI=1S/C12H12BrNO3/c1-3-17-12(15)10-4-9(7-14)11(16-2)5-8(10)6-13/h4-5H,3,6H2,1-2H3. The fraction of sp³-hybridized carbons (Fsp3) is 0.333. The second-order valence-corrected chi connectivity index (χ2v) is 3.74. The maximum Gasteiger partial charge on any atom is 0.338 e. The number of esters is 1. The number of carbonyl (C=O) groups is 1. The molecule has 4 nitrogen and oxygen atoms in total. The first-order chi connectivity index (χ1) is 8.17. The van der Waals surface area contributed by atoms with E-state index in [0.29, 0.717) is 28.8 Å². The highest BCUT2D eigenvalue weighted by Gasteiger charge is 2.16. The number of carbonyl (C=O) groups excluding carboxylic acids is 1. The first-order valence-corrected chi connectivity index (χ1v) is 6.14. The molecule has 0 saturated heterocycles. The summed E-state index contributed by atoms with van der Waals surface area (Å²) < 4.78 is 10.0. The van der Waals surface area contributed by atoms with Crippen molar-refractivity contribution in [2.24, 2.45) is 0 Å². The number of alkyl halides is 1. The lowest BCUT2D eigenvalue weighted by Gasteiger charge is -2.10. The predicted molar refractivity (Wildman–Crippen MR) is 66.3 cm³/mol. The summed E-state index contributed by atoms with van der Waals surface area (Å²) in [6, 6.07) is 5.15. The van der Waals surface area contributed by atoms with Crippen molar-refractivity contribution in [2.75, 3.05) is 13.7 Å². The lowest BCUT2D eigenvalue weighted by Crippen LogP contribution is -2.08. The maximum atomic E-state index is 11.7. The average Bonchev–Trinajstić information content (AvgIpc) is 2.37. The van der Waals surface area contributed by atoms with Crippen LogP contribution in [0.25, 0.3) is 0 Å². The van der Waals surface area contributed by atoms with Gasteiger partial charge in [0.25, 0.3) is 0 Å². The smallest absolute Gasteiger partial charge is 0.338 e. The van der Waals surface area contributed by atoms with E-state index in [-0.39, 0.29) is 0 Å². The second kappa shape index (κ2) is 6.26. The molecule has 0 amide bonds. The van der Waals surface area contributed by atoms with Crippen molar-refractivity contribution in [1.82, 2.24) is 0 Å². The Morgan fingerprint density at radius 3 is 2.71 bits per heavy atom. The number of nitrogens with zero attached hydrogens (tertiary/aromatic N) is 1. The van der Waals surface area contributed by atoms with Crippen LogP contribution in [-0.2, 0) is 10.1 Å². The average molecular weight is 298 g/mol. The first kappa shape index (κ1) is 13.5. The highest BCUT2D eigenvalue weighted by Crippen LogP contribution is 2.25. The van der Waals surface area contributed by atoms with Gasteiger partial charge in [-0.3, -0.25) is 0 Å². The summed E-state index contributed by atoms with van der Waals surface area (Å²) in [5.74, 6) is 0.0242. The zero-order chi connectivity index (χ0) is 12.8. The number of ether oxygens (including phenoxy) is 2. The van der Waals surface area contributed by atoms with Crippen LogP contribution in [0.15, 0.2) is 12.1 Å². The highest BCUT2D eigenvalue weighted by atomic mass is 79.9. The van der Waals surface area contributed by atoms with Crippen LogP contribution in [0.2, 0.25) is 0 Å². The van der Waals surface area contributed by atoms with E-state index in [1.54, 1.807) is 13.0 Å². The lowest BCUT2D eigenvalue weighted by atomic mass is 10.0. The van der Waals surface area contributed by atoms with Gasteiger partial charge in [-0.1, -0.05) is 15.9 Å². The molecule has 0 aliphatic rings. The van der Waals surface area contributed by atoms with Gasteiger partial charge >= 0.3 is 5.97 Å². The summed E-state index contributed by atoms with van der Waals surface area (Å²) in [5.41, 5.74) is 1.45. The molecule has 0 spiro atoms. The Hall–Kier alpha value is -1.54. The van der Waals surface area contributed by atoms with E-state index in [1.807, 2.05) is 6.07 Å². The molecule has 0 atom stereocenters. The number of benzene rings is 1. The van der Waals surface area contributed by atoms with Gasteiger partial charge in [0.2, 0.25) is 0 Å². The Balaban J connectivity index is 3.29. The maximum absolute atomic E-state index is 11.7. The van der Waals surface area contributed by atoms with Gasteiger partial charge in [-0.2, -0.15) is 5.26 Å². The number of hydrogen-bond acceptors (Lipinski definition) is 4. The Morgan fingerprint density at radius 2 is 2.24 bits per heavy atom. The van der Waals surface area contributed by atoms with Crippen LogP contribution < -0.4 is 4.74 Å². The normalized spacial score (nSPS) is 9.53. The van der Waals surface area contributed by atoms with Crippen molar-refractivity contribution in [2.45, 2.75) is 12.3 Å². The summed E-state index contributed by atoms with van der Waals surface area (Å²) in [4.78, 5) is 11.7. The third-order valence-electron chi connectivity index (χ3n) is 2.19. The molecule has 0 heterocycles. The monoisotopic (exact) mass is 297 g/mol. The van der Waals surface area contributed by atoms with Gasteiger partial charge in [0.1, 0.15) is 11.8 Å². The highest BCUT2D eigenvalue weighted by molar-refractivity contribution is 9.08. The Bertz CT molecular complexity index is 466. The van der Waals surface area contributed by atoms with Gasteiger partial charge in [0.15, 0.2) is 0 Å². The number of methoxy groups -OCH3 is 1. The molecule has 1 aromatic rings. The van der Waals surface area contributed by atoms with Crippen molar-refractivity contribution in [3.8, 4) is 11.8 Å². The molecule has 0 aromatic heterocycles. The minimum absolute atomic E-state index is 0.300. The molecule has 5 heteroatoms. The molecular weight excluding hydrogens is 286 g/mol. The summed E-state index contributed by atoms with van der Waals surface area (Å²) in [6.07, 6.45) is 0. The van der Waals surface area contributed by atoms with Crippen LogP contribution >= 0.6 is 15.9 Å². The molecule has 1 rings (SSSR count). The van der Waals surface area contributed by atoms with Crippen LogP contribution in [0, 0.1) is 11.3 Å². The van der Waals surface area contributed by atoms with Gasteiger partial charge in [-0.15, -0.1) is 0 Å². The predicted octanol–water partition coefficient (Wildman–Crippen LogP) is 2.64. The molecule has 0 aliphatic carbocycles. The van der Waals surface area contributed by atoms with Crippen LogP contribution in [0.4, 0.5) is 0 Å². The zero-order valence-corrected chi connectivity index (χ0v) is 11.2. The van der Waals surface area contributed by atoms with E-state index in [0.717, 1.165) is 5.56 Å². The van der Waals surface area contributed by atoms with E-state index in [4.69, 9.17) is 14.7 Å². The number of rotatable bonds is 4. The molecule has 1 aromatic carbocycles. The molecular formula is C12H12BrNO3. The fourth-order valence-corrected chi connectivity index (χ4v) is 1.85. The lowest BCUT2D eigenvalue weighted by molar-refractivity contribution is 0.0525. The van der Waals surface area contributed by atoms with Crippen molar-refractivity contribution < 1.29 is 14.3 Å². The van der Waals surface area contributed by atoms with E-state index in [2.05, 4.69) is 15.9 Å². The Morgan fingerprint density at radius 1 is 1.53 bits per heavy atom.